The fourth-order valence-corrected chi connectivity index (χ4v) is 3.00. The molecule has 0 spiro atoms. The van der Waals surface area contributed by atoms with Gasteiger partial charge < -0.3 is 0 Å². The zero-order chi connectivity index (χ0) is 11.6. The van der Waals surface area contributed by atoms with Gasteiger partial charge in [-0.05, 0) is 42.9 Å². The van der Waals surface area contributed by atoms with Crippen LogP contribution in [0, 0.1) is 0 Å². The quantitative estimate of drug-likeness (QED) is 0.873. The fourth-order valence-electron chi connectivity index (χ4n) is 2.07. The highest BCUT2D eigenvalue weighted by atomic mass is 79.9. The van der Waals surface area contributed by atoms with E-state index in [9.17, 15) is 8.42 Å². The van der Waals surface area contributed by atoms with Gasteiger partial charge in [-0.2, -0.15) is 0 Å². The number of aryl methyl sites for hydroxylation is 1. The van der Waals surface area contributed by atoms with E-state index in [1.165, 1.54) is 17.5 Å². The lowest BCUT2D eigenvalue weighted by molar-refractivity contribution is 0.605. The van der Waals surface area contributed by atoms with E-state index in [0.29, 0.717) is 0 Å². The van der Waals surface area contributed by atoms with Crippen molar-refractivity contribution >= 4 is 31.6 Å². The number of nitrogens with one attached hydrogen (secondary N) is 1. The molecule has 0 heterocycles. The normalized spacial score (nSPS) is 15.6. The molecule has 16 heavy (non-hydrogen) atoms. The van der Waals surface area contributed by atoms with Gasteiger partial charge in [0.1, 0.15) is 4.66 Å². The van der Waals surface area contributed by atoms with Crippen LogP contribution in [-0.2, 0) is 22.9 Å². The maximum Gasteiger partial charge on any atom is 0.242 e. The molecule has 1 aromatic carbocycles. The maximum atomic E-state index is 11.5. The van der Waals surface area contributed by atoms with Gasteiger partial charge in [-0.15, -0.1) is 0 Å². The second kappa shape index (κ2) is 4.75. The van der Waals surface area contributed by atoms with E-state index in [1.807, 2.05) is 12.1 Å². The number of halogens is 1. The molecular weight excluding hydrogens is 290 g/mol. The predicted molar refractivity (Wildman–Crippen MR) is 69.4 cm³/mol. The van der Waals surface area contributed by atoms with Crippen LogP contribution in [0.1, 0.15) is 24.0 Å². The summed E-state index contributed by atoms with van der Waals surface area (Å²) in [6.45, 7) is 0. The average Bonchev–Trinajstić information content (AvgIpc) is 2.29. The summed E-state index contributed by atoms with van der Waals surface area (Å²) in [5.41, 5.74) is 3.19. The topological polar surface area (TPSA) is 46.2 Å². The Labute approximate surface area is 104 Å². The lowest BCUT2D eigenvalue weighted by Gasteiger charge is -2.19. The highest BCUT2D eigenvalue weighted by Crippen LogP contribution is 2.28. The van der Waals surface area contributed by atoms with Crippen LogP contribution in [0.3, 0.4) is 0 Å². The average molecular weight is 304 g/mol. The molecule has 0 atom stereocenters. The number of benzene rings is 1. The first-order chi connectivity index (χ1) is 7.62. The van der Waals surface area contributed by atoms with Crippen molar-refractivity contribution in [3.8, 4) is 0 Å². The number of anilines is 1. The Balaban J connectivity index is 2.35. The minimum atomic E-state index is -3.24. The molecule has 1 aliphatic rings. The van der Waals surface area contributed by atoms with Gasteiger partial charge in [-0.1, -0.05) is 28.1 Å². The summed E-state index contributed by atoms with van der Waals surface area (Å²) in [7, 11) is -3.24. The van der Waals surface area contributed by atoms with Gasteiger partial charge in [0.05, 0.1) is 5.69 Å². The van der Waals surface area contributed by atoms with Crippen molar-refractivity contribution in [1.82, 2.24) is 0 Å². The molecule has 3 nitrogen and oxygen atoms in total. The van der Waals surface area contributed by atoms with Crippen LogP contribution in [0.5, 0.6) is 0 Å². The summed E-state index contributed by atoms with van der Waals surface area (Å²) in [6.07, 6.45) is 4.36. The van der Waals surface area contributed by atoms with Gasteiger partial charge in [-0.3, -0.25) is 4.72 Å². The number of rotatable bonds is 3. The zero-order valence-corrected chi connectivity index (χ0v) is 11.3. The first-order valence-electron chi connectivity index (χ1n) is 5.29. The van der Waals surface area contributed by atoms with Crippen molar-refractivity contribution in [2.75, 3.05) is 9.38 Å². The molecule has 88 valence electrons. The first kappa shape index (κ1) is 11.9. The lowest BCUT2D eigenvalue weighted by Crippen LogP contribution is -2.16. The van der Waals surface area contributed by atoms with Crippen molar-refractivity contribution in [1.29, 1.82) is 0 Å². The van der Waals surface area contributed by atoms with E-state index in [2.05, 4.69) is 26.7 Å². The third kappa shape index (κ3) is 2.58. The molecule has 0 aromatic heterocycles. The summed E-state index contributed by atoms with van der Waals surface area (Å²) in [6, 6.07) is 5.83. The third-order valence-corrected chi connectivity index (χ3v) is 5.43. The number of alkyl halides is 1. The molecule has 0 aliphatic heterocycles. The number of fused-ring (bicyclic) bond motifs is 1. The van der Waals surface area contributed by atoms with E-state index in [-0.39, 0.29) is 4.66 Å². The molecule has 2 rings (SSSR count). The number of hydrogen-bond acceptors (Lipinski definition) is 2. The summed E-state index contributed by atoms with van der Waals surface area (Å²) < 4.78 is 25.5. The molecule has 0 unspecified atom stereocenters. The summed E-state index contributed by atoms with van der Waals surface area (Å²) in [5, 5.41) is 0. The van der Waals surface area contributed by atoms with Crippen LogP contribution >= 0.6 is 15.9 Å². The van der Waals surface area contributed by atoms with Crippen LogP contribution in [0.2, 0.25) is 0 Å². The smallest absolute Gasteiger partial charge is 0.242 e. The molecule has 0 amide bonds. The summed E-state index contributed by atoms with van der Waals surface area (Å²) >= 11 is 2.97. The van der Waals surface area contributed by atoms with E-state index in [1.54, 1.807) is 0 Å². The van der Waals surface area contributed by atoms with E-state index < -0.39 is 10.0 Å². The maximum absolute atomic E-state index is 11.5. The first-order valence-corrected chi connectivity index (χ1v) is 8.07. The minimum absolute atomic E-state index is 0.0658. The minimum Gasteiger partial charge on any atom is -0.283 e. The predicted octanol–water partition coefficient (Wildman–Crippen LogP) is 2.66. The highest BCUT2D eigenvalue weighted by Gasteiger charge is 2.16. The number of sulfonamides is 1. The SMILES string of the molecule is O=S(=O)(CBr)Nc1cccc2c1CCCC2. The van der Waals surface area contributed by atoms with E-state index in [4.69, 9.17) is 0 Å². The van der Waals surface area contributed by atoms with Gasteiger partial charge >= 0.3 is 0 Å². The van der Waals surface area contributed by atoms with Crippen LogP contribution in [0.15, 0.2) is 18.2 Å². The van der Waals surface area contributed by atoms with Gasteiger partial charge in [0, 0.05) is 0 Å². The largest absolute Gasteiger partial charge is 0.283 e. The van der Waals surface area contributed by atoms with Crippen LogP contribution in [-0.4, -0.2) is 13.1 Å². The molecule has 1 N–H and O–H groups in total. The third-order valence-electron chi connectivity index (χ3n) is 2.81. The van der Waals surface area contributed by atoms with E-state index >= 15 is 0 Å². The van der Waals surface area contributed by atoms with Crippen molar-refractivity contribution in [2.45, 2.75) is 25.7 Å². The molecule has 0 fully saturated rings. The fraction of sp³-hybridized carbons (Fsp3) is 0.455. The Kier molecular flexibility index (Phi) is 3.54. The molecular formula is C11H14BrNO2S. The summed E-state index contributed by atoms with van der Waals surface area (Å²) in [4.78, 5) is 0. The van der Waals surface area contributed by atoms with Crippen LogP contribution in [0.25, 0.3) is 0 Å². The Morgan fingerprint density at radius 2 is 2.00 bits per heavy atom. The van der Waals surface area contributed by atoms with Gasteiger partial charge in [-0.25, -0.2) is 8.42 Å². The zero-order valence-electron chi connectivity index (χ0n) is 8.87. The monoisotopic (exact) mass is 303 g/mol. The molecule has 1 aromatic rings. The molecule has 0 radical (unpaired) electrons. The molecule has 1 aliphatic carbocycles. The van der Waals surface area contributed by atoms with Gasteiger partial charge in [0.2, 0.25) is 10.0 Å². The molecule has 0 bridgehead atoms. The summed E-state index contributed by atoms with van der Waals surface area (Å²) in [5.74, 6) is 0. The van der Waals surface area contributed by atoms with Crippen LogP contribution in [0.4, 0.5) is 5.69 Å². The Morgan fingerprint density at radius 1 is 1.25 bits per heavy atom. The van der Waals surface area contributed by atoms with Gasteiger partial charge in [0.15, 0.2) is 0 Å². The van der Waals surface area contributed by atoms with Crippen molar-refractivity contribution < 1.29 is 8.42 Å². The standard InChI is InChI=1S/C11H14BrNO2S/c12-8-16(14,15)13-11-7-3-5-9-4-1-2-6-10(9)11/h3,5,7,13H,1-2,4,6,8H2. The van der Waals surface area contributed by atoms with Crippen molar-refractivity contribution in [2.24, 2.45) is 0 Å². The highest BCUT2D eigenvalue weighted by molar-refractivity contribution is 9.10. The second-order valence-electron chi connectivity index (χ2n) is 3.98. The van der Waals surface area contributed by atoms with Gasteiger partial charge in [0.25, 0.3) is 0 Å². The van der Waals surface area contributed by atoms with Crippen molar-refractivity contribution in [3.05, 3.63) is 29.3 Å². The Bertz CT molecular complexity index is 485. The molecule has 0 saturated carbocycles. The Hall–Kier alpha value is -0.550. The molecule has 0 saturated heterocycles. The Morgan fingerprint density at radius 3 is 2.75 bits per heavy atom. The number of hydrogen-bond donors (Lipinski definition) is 1. The second-order valence-corrected chi connectivity index (χ2v) is 7.00. The molecule has 5 heteroatoms. The van der Waals surface area contributed by atoms with Crippen LogP contribution < -0.4 is 4.72 Å². The van der Waals surface area contributed by atoms with Crippen molar-refractivity contribution in [3.63, 3.8) is 0 Å². The van der Waals surface area contributed by atoms with E-state index in [0.717, 1.165) is 24.9 Å². The lowest BCUT2D eigenvalue weighted by atomic mass is 9.91.